The Bertz CT molecular complexity index is 974. The van der Waals surface area contributed by atoms with Crippen LogP contribution in [-0.2, 0) is 0 Å². The molecular weight excluding hydrogens is 304 g/mol. The van der Waals surface area contributed by atoms with Crippen LogP contribution in [0.4, 0.5) is 5.82 Å². The van der Waals surface area contributed by atoms with Gasteiger partial charge in [-0.3, -0.25) is 4.98 Å². The highest BCUT2D eigenvalue weighted by Gasteiger charge is 2.12. The van der Waals surface area contributed by atoms with Crippen LogP contribution in [0, 0.1) is 0 Å². The minimum Gasteiger partial charge on any atom is -0.367 e. The summed E-state index contributed by atoms with van der Waals surface area (Å²) >= 11 is 0. The zero-order valence-electron chi connectivity index (χ0n) is 13.3. The normalized spacial score (nSPS) is 11.3. The lowest BCUT2D eigenvalue weighted by atomic mass is 10.1. The smallest absolute Gasteiger partial charge is 0.257 e. The van der Waals surface area contributed by atoms with Crippen LogP contribution in [0.3, 0.4) is 0 Å². The van der Waals surface area contributed by atoms with E-state index in [1.54, 1.807) is 12.4 Å². The Labute approximate surface area is 138 Å². The van der Waals surface area contributed by atoms with Gasteiger partial charge in [-0.15, -0.1) is 0 Å². The van der Waals surface area contributed by atoms with Crippen LogP contribution in [0.15, 0.2) is 47.6 Å². The Hall–Kier alpha value is -3.22. The first-order chi connectivity index (χ1) is 11.7. The van der Waals surface area contributed by atoms with E-state index < -0.39 is 0 Å². The van der Waals surface area contributed by atoms with Crippen molar-refractivity contribution in [1.29, 1.82) is 0 Å². The third kappa shape index (κ3) is 2.60. The first-order valence-corrected chi connectivity index (χ1v) is 7.68. The molecule has 0 fully saturated rings. The van der Waals surface area contributed by atoms with Crippen molar-refractivity contribution in [3.63, 3.8) is 0 Å². The topological polar surface area (TPSA) is 92.5 Å². The van der Waals surface area contributed by atoms with Gasteiger partial charge in [-0.25, -0.2) is 4.98 Å². The van der Waals surface area contributed by atoms with E-state index in [1.165, 1.54) is 6.33 Å². The molecule has 3 heterocycles. The second-order valence-corrected chi connectivity index (χ2v) is 5.80. The summed E-state index contributed by atoms with van der Waals surface area (Å²) in [6.45, 7) is 4.13. The highest BCUT2D eigenvalue weighted by molar-refractivity contribution is 5.96. The summed E-state index contributed by atoms with van der Waals surface area (Å²) in [6.07, 6.45) is 6.81. The molecule has 24 heavy (non-hydrogen) atoms. The molecule has 1 aromatic carbocycles. The van der Waals surface area contributed by atoms with Crippen molar-refractivity contribution >= 4 is 16.7 Å². The highest BCUT2D eigenvalue weighted by Crippen LogP contribution is 2.30. The van der Waals surface area contributed by atoms with Crippen LogP contribution >= 0.6 is 0 Å². The number of nitrogens with one attached hydrogen (secondary N) is 2. The fraction of sp³-hybridized carbons (Fsp3) is 0.176. The highest BCUT2D eigenvalue weighted by atomic mass is 16.5. The van der Waals surface area contributed by atoms with Crippen LogP contribution in [-0.4, -0.2) is 31.1 Å². The summed E-state index contributed by atoms with van der Waals surface area (Å²) in [7, 11) is 0. The second-order valence-electron chi connectivity index (χ2n) is 5.80. The quantitative estimate of drug-likeness (QED) is 0.598. The molecule has 0 saturated heterocycles. The first kappa shape index (κ1) is 14.4. The zero-order valence-corrected chi connectivity index (χ0v) is 13.3. The van der Waals surface area contributed by atoms with E-state index in [-0.39, 0.29) is 0 Å². The average molecular weight is 320 g/mol. The molecule has 0 atom stereocenters. The van der Waals surface area contributed by atoms with Crippen LogP contribution in [0.5, 0.6) is 0 Å². The molecule has 3 aromatic heterocycles. The predicted octanol–water partition coefficient (Wildman–Crippen LogP) is 3.50. The molecule has 0 aliphatic carbocycles. The van der Waals surface area contributed by atoms with E-state index in [2.05, 4.69) is 44.3 Å². The summed E-state index contributed by atoms with van der Waals surface area (Å²) in [4.78, 5) is 16.3. The molecule has 7 heteroatoms. The fourth-order valence-corrected chi connectivity index (χ4v) is 2.63. The number of H-pyrrole nitrogens is 1. The third-order valence-corrected chi connectivity index (χ3v) is 3.64. The van der Waals surface area contributed by atoms with Gasteiger partial charge in [0.25, 0.3) is 5.89 Å². The number of nitrogens with zero attached hydrogens (tertiary/aromatic N) is 4. The maximum absolute atomic E-state index is 5.14. The number of hydrogen-bond acceptors (Lipinski definition) is 6. The maximum Gasteiger partial charge on any atom is 0.257 e. The van der Waals surface area contributed by atoms with Crippen molar-refractivity contribution in [2.24, 2.45) is 0 Å². The lowest BCUT2D eigenvalue weighted by Gasteiger charge is -2.09. The van der Waals surface area contributed by atoms with Gasteiger partial charge >= 0.3 is 0 Å². The molecule has 0 radical (unpaired) electrons. The lowest BCUT2D eigenvalue weighted by molar-refractivity contribution is 0.430. The molecule has 0 aliphatic heterocycles. The number of fused-ring (bicyclic) bond motifs is 1. The number of hydrogen-bond donors (Lipinski definition) is 2. The Morgan fingerprint density at radius 1 is 1.21 bits per heavy atom. The molecule has 120 valence electrons. The van der Waals surface area contributed by atoms with Crippen LogP contribution in [0.25, 0.3) is 33.6 Å². The van der Waals surface area contributed by atoms with Gasteiger partial charge in [0.2, 0.25) is 0 Å². The van der Waals surface area contributed by atoms with Gasteiger partial charge in [0.15, 0.2) is 6.33 Å². The zero-order chi connectivity index (χ0) is 16.5. The van der Waals surface area contributed by atoms with Crippen molar-refractivity contribution in [2.45, 2.75) is 19.9 Å². The molecule has 0 unspecified atom stereocenters. The van der Waals surface area contributed by atoms with Crippen molar-refractivity contribution in [3.05, 3.63) is 43.1 Å². The van der Waals surface area contributed by atoms with Gasteiger partial charge in [-0.05, 0) is 32.0 Å². The van der Waals surface area contributed by atoms with E-state index in [1.807, 2.05) is 24.4 Å². The van der Waals surface area contributed by atoms with Gasteiger partial charge < -0.3 is 14.8 Å². The summed E-state index contributed by atoms with van der Waals surface area (Å²) in [6, 6.07) is 6.24. The first-order valence-electron chi connectivity index (χ1n) is 7.68. The van der Waals surface area contributed by atoms with Crippen LogP contribution in [0.2, 0.25) is 0 Å². The predicted molar refractivity (Wildman–Crippen MR) is 91.4 cm³/mol. The number of aromatic amines is 1. The maximum atomic E-state index is 5.14. The molecule has 0 spiro atoms. The van der Waals surface area contributed by atoms with Crippen LogP contribution in [0.1, 0.15) is 13.8 Å². The Kier molecular flexibility index (Phi) is 3.45. The van der Waals surface area contributed by atoms with Crippen molar-refractivity contribution in [1.82, 2.24) is 25.1 Å². The number of rotatable bonds is 4. The largest absolute Gasteiger partial charge is 0.367 e. The monoisotopic (exact) mass is 320 g/mol. The SMILES string of the molecule is CC(C)Nc1cncc(-c2c[nH]c3ccc(-c4ncno4)cc23)n1. The van der Waals surface area contributed by atoms with Gasteiger partial charge in [0.1, 0.15) is 5.82 Å². The van der Waals surface area contributed by atoms with E-state index in [0.717, 1.165) is 33.5 Å². The molecule has 0 amide bonds. The van der Waals surface area contributed by atoms with E-state index in [0.29, 0.717) is 11.9 Å². The van der Waals surface area contributed by atoms with E-state index in [4.69, 9.17) is 4.52 Å². The minimum atomic E-state index is 0.293. The molecule has 0 aliphatic rings. The number of benzene rings is 1. The summed E-state index contributed by atoms with van der Waals surface area (Å²) in [5.74, 6) is 1.25. The van der Waals surface area contributed by atoms with Gasteiger partial charge in [-0.2, -0.15) is 4.98 Å². The van der Waals surface area contributed by atoms with E-state index in [9.17, 15) is 0 Å². The molecule has 0 bridgehead atoms. The van der Waals surface area contributed by atoms with Crippen LogP contribution < -0.4 is 5.32 Å². The molecular formula is C17H16N6O. The summed E-state index contributed by atoms with van der Waals surface area (Å²) in [5, 5.41) is 7.96. The second kappa shape index (κ2) is 5.77. The third-order valence-electron chi connectivity index (χ3n) is 3.64. The van der Waals surface area contributed by atoms with Gasteiger partial charge in [0.05, 0.1) is 18.1 Å². The molecule has 7 nitrogen and oxygen atoms in total. The fourth-order valence-electron chi connectivity index (χ4n) is 2.63. The average Bonchev–Trinajstić information content (AvgIpc) is 3.23. The number of aromatic nitrogens is 5. The molecule has 4 aromatic rings. The van der Waals surface area contributed by atoms with Crippen molar-refractivity contribution < 1.29 is 4.52 Å². The van der Waals surface area contributed by atoms with Gasteiger partial charge in [-0.1, -0.05) is 5.16 Å². The Balaban J connectivity index is 1.81. The molecule has 0 saturated carbocycles. The standard InChI is InChI=1S/C17H16N6O/c1-10(2)22-16-8-18-7-15(23-16)13-6-19-14-4-3-11(5-12(13)14)17-20-9-21-24-17/h3-10,19H,1-2H3,(H,22,23). The Morgan fingerprint density at radius 3 is 2.92 bits per heavy atom. The van der Waals surface area contributed by atoms with E-state index >= 15 is 0 Å². The Morgan fingerprint density at radius 2 is 2.12 bits per heavy atom. The molecule has 2 N–H and O–H groups in total. The minimum absolute atomic E-state index is 0.293. The number of anilines is 1. The summed E-state index contributed by atoms with van der Waals surface area (Å²) < 4.78 is 5.14. The molecule has 4 rings (SSSR count). The summed E-state index contributed by atoms with van der Waals surface area (Å²) in [5.41, 5.74) is 3.66. The van der Waals surface area contributed by atoms with Crippen molar-refractivity contribution in [3.8, 4) is 22.7 Å². The van der Waals surface area contributed by atoms with Gasteiger partial charge in [0, 0.05) is 34.3 Å². The van der Waals surface area contributed by atoms with Crippen molar-refractivity contribution in [2.75, 3.05) is 5.32 Å². The lowest BCUT2D eigenvalue weighted by Crippen LogP contribution is -2.11.